The van der Waals surface area contributed by atoms with Crippen LogP contribution in [0.3, 0.4) is 0 Å². The lowest BCUT2D eigenvalue weighted by atomic mass is 10.2. The zero-order valence-electron chi connectivity index (χ0n) is 9.88. The normalized spacial score (nSPS) is 10.8. The number of hydrogen-bond acceptors (Lipinski definition) is 3. The van der Waals surface area contributed by atoms with Crippen molar-refractivity contribution >= 4 is 16.6 Å². The number of aromatic nitrogens is 2. The number of para-hydroxylation sites is 1. The van der Waals surface area contributed by atoms with Gasteiger partial charge >= 0.3 is 0 Å². The van der Waals surface area contributed by atoms with E-state index in [0.717, 1.165) is 0 Å². The van der Waals surface area contributed by atoms with E-state index in [1.165, 1.54) is 18.5 Å². The van der Waals surface area contributed by atoms with E-state index >= 15 is 0 Å². The summed E-state index contributed by atoms with van der Waals surface area (Å²) in [6, 6.07) is 11.5. The number of fused-ring (bicyclic) bond motifs is 1. The molecule has 0 aliphatic heterocycles. The van der Waals surface area contributed by atoms with Crippen LogP contribution in [0.2, 0.25) is 0 Å². The van der Waals surface area contributed by atoms with E-state index in [1.54, 1.807) is 28.8 Å². The molecule has 1 heterocycles. The lowest BCUT2D eigenvalue weighted by molar-refractivity contribution is 0.632. The molecule has 0 aliphatic rings. The quantitative estimate of drug-likeness (QED) is 0.677. The molecule has 0 saturated heterocycles. The zero-order valence-corrected chi connectivity index (χ0v) is 9.88. The smallest absolute Gasteiger partial charge is 0.280 e. The maximum absolute atomic E-state index is 13.2. The molecule has 0 bridgehead atoms. The molecule has 0 spiro atoms. The lowest BCUT2D eigenvalue weighted by Crippen LogP contribution is -2.11. The Morgan fingerprint density at radius 1 is 1.16 bits per heavy atom. The molecule has 0 aliphatic carbocycles. The highest BCUT2D eigenvalue weighted by atomic mass is 19.1. The van der Waals surface area contributed by atoms with Crippen LogP contribution in [-0.2, 0) is 0 Å². The predicted octanol–water partition coefficient (Wildman–Crippen LogP) is 2.11. The van der Waals surface area contributed by atoms with Crippen LogP contribution in [-0.4, -0.2) is 9.55 Å². The molecule has 0 saturated carbocycles. The highest BCUT2D eigenvalue weighted by Gasteiger charge is 2.06. The van der Waals surface area contributed by atoms with Gasteiger partial charge in [-0.25, -0.2) is 4.39 Å². The van der Waals surface area contributed by atoms with Gasteiger partial charge in [0.25, 0.3) is 5.56 Å². The summed E-state index contributed by atoms with van der Waals surface area (Å²) in [5.41, 5.74) is 6.68. The van der Waals surface area contributed by atoms with Crippen LogP contribution in [0.1, 0.15) is 0 Å². The summed E-state index contributed by atoms with van der Waals surface area (Å²) in [5.74, 6) is -0.470. The van der Waals surface area contributed by atoms with Crippen LogP contribution < -0.4 is 11.3 Å². The maximum atomic E-state index is 13.2. The molecular formula is C14H10FN3O. The van der Waals surface area contributed by atoms with E-state index in [1.807, 2.05) is 6.07 Å². The average molecular weight is 255 g/mol. The van der Waals surface area contributed by atoms with E-state index in [-0.39, 0.29) is 11.2 Å². The van der Waals surface area contributed by atoms with Crippen molar-refractivity contribution < 1.29 is 4.39 Å². The molecule has 2 aromatic carbocycles. The zero-order chi connectivity index (χ0) is 13.4. The first-order valence-electron chi connectivity index (χ1n) is 5.68. The Balaban J connectivity index is 2.34. The lowest BCUT2D eigenvalue weighted by Gasteiger charge is -2.10. The number of anilines is 1. The standard InChI is InChI=1S/C14H10FN3O/c15-11-6-5-9(7-12(11)16)18-8-17-14(19)10-3-1-2-4-13(10)18/h1-8H,16H2. The van der Waals surface area contributed by atoms with Gasteiger partial charge in [0, 0.05) is 5.69 Å². The maximum Gasteiger partial charge on any atom is 0.280 e. The molecule has 0 unspecified atom stereocenters. The van der Waals surface area contributed by atoms with Gasteiger partial charge in [0.2, 0.25) is 0 Å². The Morgan fingerprint density at radius 3 is 2.74 bits per heavy atom. The van der Waals surface area contributed by atoms with E-state index < -0.39 is 5.82 Å². The second kappa shape index (κ2) is 4.20. The van der Waals surface area contributed by atoms with E-state index in [9.17, 15) is 9.18 Å². The molecule has 3 aromatic rings. The van der Waals surface area contributed by atoms with Gasteiger partial charge in [-0.05, 0) is 30.3 Å². The summed E-state index contributed by atoms with van der Waals surface area (Å²) >= 11 is 0. The molecule has 1 aromatic heterocycles. The Bertz CT molecular complexity index is 826. The number of halogens is 1. The summed E-state index contributed by atoms with van der Waals surface area (Å²) in [6.45, 7) is 0. The summed E-state index contributed by atoms with van der Waals surface area (Å²) < 4.78 is 14.9. The predicted molar refractivity (Wildman–Crippen MR) is 71.7 cm³/mol. The number of hydrogen-bond donors (Lipinski definition) is 1. The molecule has 5 heteroatoms. The molecule has 2 N–H and O–H groups in total. The van der Waals surface area contributed by atoms with Crippen molar-refractivity contribution in [1.82, 2.24) is 9.55 Å². The Hall–Kier alpha value is -2.69. The molecule has 0 radical (unpaired) electrons. The average Bonchev–Trinajstić information content (AvgIpc) is 2.43. The number of rotatable bonds is 1. The molecule has 3 rings (SSSR count). The minimum atomic E-state index is -0.470. The van der Waals surface area contributed by atoms with Gasteiger partial charge in [-0.15, -0.1) is 0 Å². The third kappa shape index (κ3) is 1.85. The van der Waals surface area contributed by atoms with Gasteiger partial charge in [0.15, 0.2) is 0 Å². The van der Waals surface area contributed by atoms with Crippen LogP contribution in [0.25, 0.3) is 16.6 Å². The largest absolute Gasteiger partial charge is 0.396 e. The monoisotopic (exact) mass is 255 g/mol. The second-order valence-electron chi connectivity index (χ2n) is 4.14. The fourth-order valence-corrected chi connectivity index (χ4v) is 1.99. The molecule has 4 nitrogen and oxygen atoms in total. The molecular weight excluding hydrogens is 245 g/mol. The highest BCUT2D eigenvalue weighted by Crippen LogP contribution is 2.19. The Kier molecular flexibility index (Phi) is 2.52. The molecule has 0 amide bonds. The third-order valence-electron chi connectivity index (χ3n) is 2.94. The van der Waals surface area contributed by atoms with Gasteiger partial charge < -0.3 is 10.3 Å². The summed E-state index contributed by atoms with van der Waals surface area (Å²) in [5, 5.41) is 0.507. The van der Waals surface area contributed by atoms with Crippen molar-refractivity contribution in [3.8, 4) is 5.69 Å². The molecule has 94 valence electrons. The number of benzene rings is 2. The minimum Gasteiger partial charge on any atom is -0.396 e. The summed E-state index contributed by atoms with van der Waals surface area (Å²) in [6.07, 6.45) is 1.41. The van der Waals surface area contributed by atoms with Gasteiger partial charge in [0.05, 0.1) is 16.6 Å². The van der Waals surface area contributed by atoms with Crippen molar-refractivity contribution in [2.45, 2.75) is 0 Å². The molecule has 0 fully saturated rings. The van der Waals surface area contributed by atoms with Crippen LogP contribution >= 0.6 is 0 Å². The topological polar surface area (TPSA) is 60.9 Å². The molecule has 0 atom stereocenters. The van der Waals surface area contributed by atoms with Gasteiger partial charge in [-0.2, -0.15) is 4.98 Å². The number of nitrogens with two attached hydrogens (primary N) is 1. The Labute approximate surface area is 107 Å². The van der Waals surface area contributed by atoms with E-state index in [2.05, 4.69) is 4.98 Å². The number of nitrogens with zero attached hydrogens (tertiary/aromatic N) is 2. The van der Waals surface area contributed by atoms with Crippen molar-refractivity contribution in [2.75, 3.05) is 5.73 Å². The van der Waals surface area contributed by atoms with Crippen LogP contribution in [0.4, 0.5) is 10.1 Å². The fraction of sp³-hybridized carbons (Fsp3) is 0. The number of nitrogen functional groups attached to an aromatic ring is 1. The van der Waals surface area contributed by atoms with E-state index in [0.29, 0.717) is 16.6 Å². The first kappa shape index (κ1) is 11.4. The first-order valence-corrected chi connectivity index (χ1v) is 5.68. The van der Waals surface area contributed by atoms with Crippen LogP contribution in [0.5, 0.6) is 0 Å². The Morgan fingerprint density at radius 2 is 1.95 bits per heavy atom. The van der Waals surface area contributed by atoms with Gasteiger partial charge in [-0.3, -0.25) is 4.79 Å². The second-order valence-corrected chi connectivity index (χ2v) is 4.14. The van der Waals surface area contributed by atoms with Crippen molar-refractivity contribution in [3.63, 3.8) is 0 Å². The van der Waals surface area contributed by atoms with Crippen molar-refractivity contribution in [3.05, 3.63) is 65.0 Å². The van der Waals surface area contributed by atoms with Crippen molar-refractivity contribution in [2.24, 2.45) is 0 Å². The summed E-state index contributed by atoms with van der Waals surface area (Å²) in [4.78, 5) is 15.5. The first-order chi connectivity index (χ1) is 9.16. The van der Waals surface area contributed by atoms with Crippen LogP contribution in [0.15, 0.2) is 53.6 Å². The fourth-order valence-electron chi connectivity index (χ4n) is 1.99. The van der Waals surface area contributed by atoms with Gasteiger partial charge in [-0.1, -0.05) is 12.1 Å². The minimum absolute atomic E-state index is 0.0558. The summed E-state index contributed by atoms with van der Waals surface area (Å²) in [7, 11) is 0. The van der Waals surface area contributed by atoms with Crippen LogP contribution in [0, 0.1) is 5.82 Å². The van der Waals surface area contributed by atoms with Gasteiger partial charge in [0.1, 0.15) is 12.1 Å². The van der Waals surface area contributed by atoms with E-state index in [4.69, 9.17) is 5.73 Å². The SMILES string of the molecule is Nc1cc(-n2cnc(=O)c3ccccc32)ccc1F. The third-order valence-corrected chi connectivity index (χ3v) is 2.94. The molecule has 19 heavy (non-hydrogen) atoms. The van der Waals surface area contributed by atoms with Crippen molar-refractivity contribution in [1.29, 1.82) is 0 Å². The highest BCUT2D eigenvalue weighted by molar-refractivity contribution is 5.79.